The molecular weight excluding hydrogens is 272 g/mol. The Morgan fingerprint density at radius 3 is 2.38 bits per heavy atom. The van der Waals surface area contributed by atoms with Crippen molar-refractivity contribution in [1.29, 1.82) is 0 Å². The van der Waals surface area contributed by atoms with Crippen molar-refractivity contribution in [1.82, 2.24) is 15.1 Å². The molecule has 0 aromatic carbocycles. The third-order valence-corrected chi connectivity index (χ3v) is 2.95. The van der Waals surface area contributed by atoms with Crippen LogP contribution in [0.4, 0.5) is 10.5 Å². The number of nitrogens with zero attached hydrogens (tertiary/aromatic N) is 2. The third kappa shape index (κ3) is 4.77. The number of hydrogen-bond donors (Lipinski definition) is 2. The minimum Gasteiger partial charge on any atom is -0.453 e. The van der Waals surface area contributed by atoms with E-state index in [-0.39, 0.29) is 17.4 Å². The van der Waals surface area contributed by atoms with E-state index in [4.69, 9.17) is 0 Å². The minimum absolute atomic E-state index is 0.0678. The molecule has 0 saturated heterocycles. The molecule has 118 valence electrons. The second kappa shape index (κ2) is 6.60. The van der Waals surface area contributed by atoms with Crippen LogP contribution >= 0.6 is 0 Å². The van der Waals surface area contributed by atoms with Gasteiger partial charge in [-0.25, -0.2) is 4.79 Å². The second-order valence-electron chi connectivity index (χ2n) is 6.19. The number of methoxy groups -OCH3 is 1. The van der Waals surface area contributed by atoms with Crippen LogP contribution in [0, 0.1) is 5.92 Å². The molecule has 0 aliphatic rings. The molecule has 7 nitrogen and oxygen atoms in total. The Labute approximate surface area is 125 Å². The summed E-state index contributed by atoms with van der Waals surface area (Å²) in [5.41, 5.74) is 0.428. The number of carbonyl (C=O) groups excluding carboxylic acids is 2. The first-order chi connectivity index (χ1) is 9.65. The Hall–Kier alpha value is -2.05. The first-order valence-electron chi connectivity index (χ1n) is 6.85. The van der Waals surface area contributed by atoms with E-state index in [1.165, 1.54) is 7.11 Å². The zero-order chi connectivity index (χ0) is 16.2. The van der Waals surface area contributed by atoms with Crippen LogP contribution in [-0.4, -0.2) is 34.9 Å². The first-order valence-corrected chi connectivity index (χ1v) is 6.85. The zero-order valence-electron chi connectivity index (χ0n) is 13.4. The summed E-state index contributed by atoms with van der Waals surface area (Å²) in [6.45, 7) is 9.74. The van der Waals surface area contributed by atoms with Gasteiger partial charge >= 0.3 is 6.09 Å². The smallest absolute Gasteiger partial charge is 0.407 e. The number of rotatable bonds is 4. The minimum atomic E-state index is -0.671. The van der Waals surface area contributed by atoms with Crippen molar-refractivity contribution in [3.63, 3.8) is 0 Å². The molecule has 0 saturated carbocycles. The molecule has 2 amide bonds. The normalized spacial score (nSPS) is 12.9. The van der Waals surface area contributed by atoms with E-state index in [2.05, 4.69) is 20.5 Å². The number of amides is 2. The molecule has 1 aromatic rings. The lowest BCUT2D eigenvalue weighted by Gasteiger charge is -2.21. The average molecular weight is 296 g/mol. The molecule has 2 N–H and O–H groups in total. The molecular formula is C14H24N4O3. The maximum Gasteiger partial charge on any atom is 0.407 e. The zero-order valence-corrected chi connectivity index (χ0v) is 13.4. The van der Waals surface area contributed by atoms with E-state index < -0.39 is 12.1 Å². The van der Waals surface area contributed by atoms with Crippen molar-refractivity contribution in [3.05, 3.63) is 12.4 Å². The lowest BCUT2D eigenvalue weighted by atomic mass is 10.0. The van der Waals surface area contributed by atoms with Crippen LogP contribution in [0.3, 0.4) is 0 Å². The molecule has 7 heteroatoms. The average Bonchev–Trinajstić information content (AvgIpc) is 2.83. The van der Waals surface area contributed by atoms with Gasteiger partial charge in [0.1, 0.15) is 6.04 Å². The number of carbonyl (C=O) groups is 2. The van der Waals surface area contributed by atoms with Crippen LogP contribution in [0.5, 0.6) is 0 Å². The fraction of sp³-hybridized carbons (Fsp3) is 0.643. The van der Waals surface area contributed by atoms with Gasteiger partial charge in [-0.2, -0.15) is 5.10 Å². The number of alkyl carbamates (subject to hydrolysis) is 1. The van der Waals surface area contributed by atoms with Gasteiger partial charge in [0.15, 0.2) is 0 Å². The van der Waals surface area contributed by atoms with E-state index >= 15 is 0 Å². The van der Waals surface area contributed by atoms with E-state index in [0.29, 0.717) is 5.69 Å². The van der Waals surface area contributed by atoms with Gasteiger partial charge in [0, 0.05) is 6.20 Å². The second-order valence-corrected chi connectivity index (χ2v) is 6.19. The van der Waals surface area contributed by atoms with Crippen molar-refractivity contribution in [2.24, 2.45) is 5.92 Å². The number of ether oxygens (including phenoxy) is 1. The quantitative estimate of drug-likeness (QED) is 0.889. The van der Waals surface area contributed by atoms with Crippen molar-refractivity contribution in [2.75, 3.05) is 12.4 Å². The van der Waals surface area contributed by atoms with E-state index in [9.17, 15) is 9.59 Å². The first kappa shape index (κ1) is 17.0. The largest absolute Gasteiger partial charge is 0.453 e. The SMILES string of the molecule is COC(=O)NC(C(=O)Nc1cnn(C(C)(C)C)c1)C(C)C. The van der Waals surface area contributed by atoms with Crippen LogP contribution < -0.4 is 10.6 Å². The lowest BCUT2D eigenvalue weighted by Crippen LogP contribution is -2.47. The number of nitrogens with one attached hydrogen (secondary N) is 2. The summed E-state index contributed by atoms with van der Waals surface area (Å²) in [5, 5.41) is 9.49. The molecule has 21 heavy (non-hydrogen) atoms. The van der Waals surface area contributed by atoms with E-state index in [1.807, 2.05) is 34.6 Å². The highest BCUT2D eigenvalue weighted by atomic mass is 16.5. The summed E-state index contributed by atoms with van der Waals surface area (Å²) in [7, 11) is 1.26. The summed E-state index contributed by atoms with van der Waals surface area (Å²) in [6.07, 6.45) is 2.71. The Morgan fingerprint density at radius 1 is 1.33 bits per heavy atom. The van der Waals surface area contributed by atoms with Gasteiger partial charge in [0.2, 0.25) is 5.91 Å². The van der Waals surface area contributed by atoms with Crippen LogP contribution in [0.15, 0.2) is 12.4 Å². The van der Waals surface area contributed by atoms with Crippen LogP contribution in [0.1, 0.15) is 34.6 Å². The molecule has 0 aliphatic heterocycles. The molecule has 0 fully saturated rings. The molecule has 1 rings (SSSR count). The van der Waals surface area contributed by atoms with E-state index in [1.54, 1.807) is 17.1 Å². The molecule has 0 radical (unpaired) electrons. The van der Waals surface area contributed by atoms with Crippen LogP contribution in [-0.2, 0) is 15.1 Å². The van der Waals surface area contributed by atoms with Crippen LogP contribution in [0.25, 0.3) is 0 Å². The number of aromatic nitrogens is 2. The third-order valence-electron chi connectivity index (χ3n) is 2.95. The van der Waals surface area contributed by atoms with Crippen molar-refractivity contribution >= 4 is 17.7 Å². The summed E-state index contributed by atoms with van der Waals surface area (Å²) < 4.78 is 6.30. The summed E-state index contributed by atoms with van der Waals surface area (Å²) in [5.74, 6) is -0.370. The van der Waals surface area contributed by atoms with Gasteiger partial charge in [-0.15, -0.1) is 0 Å². The van der Waals surface area contributed by atoms with Crippen molar-refractivity contribution < 1.29 is 14.3 Å². The molecule has 0 aliphatic carbocycles. The van der Waals surface area contributed by atoms with Crippen LogP contribution in [0.2, 0.25) is 0 Å². The fourth-order valence-corrected chi connectivity index (χ4v) is 1.70. The molecule has 0 bridgehead atoms. The van der Waals surface area contributed by atoms with Crippen molar-refractivity contribution in [2.45, 2.75) is 46.2 Å². The molecule has 1 unspecified atom stereocenters. The predicted molar refractivity (Wildman–Crippen MR) is 80.0 cm³/mol. The lowest BCUT2D eigenvalue weighted by molar-refractivity contribution is -0.119. The highest BCUT2D eigenvalue weighted by Crippen LogP contribution is 2.16. The monoisotopic (exact) mass is 296 g/mol. The van der Waals surface area contributed by atoms with E-state index in [0.717, 1.165) is 0 Å². The summed E-state index contributed by atoms with van der Waals surface area (Å²) in [6, 6.07) is -0.671. The number of anilines is 1. The molecule has 1 aromatic heterocycles. The van der Waals surface area contributed by atoms with Gasteiger partial charge in [0.05, 0.1) is 24.5 Å². The topological polar surface area (TPSA) is 85.2 Å². The van der Waals surface area contributed by atoms with Gasteiger partial charge in [-0.3, -0.25) is 9.48 Å². The Morgan fingerprint density at radius 2 is 1.95 bits per heavy atom. The molecule has 0 spiro atoms. The summed E-state index contributed by atoms with van der Waals surface area (Å²) >= 11 is 0. The summed E-state index contributed by atoms with van der Waals surface area (Å²) in [4.78, 5) is 23.5. The predicted octanol–water partition coefficient (Wildman–Crippen LogP) is 1.96. The molecule has 1 atom stereocenters. The highest BCUT2D eigenvalue weighted by molar-refractivity contribution is 5.96. The van der Waals surface area contributed by atoms with Gasteiger partial charge in [-0.1, -0.05) is 13.8 Å². The van der Waals surface area contributed by atoms with Gasteiger partial charge < -0.3 is 15.4 Å². The highest BCUT2D eigenvalue weighted by Gasteiger charge is 2.25. The fourth-order valence-electron chi connectivity index (χ4n) is 1.70. The Kier molecular flexibility index (Phi) is 5.34. The standard InChI is InChI=1S/C14H24N4O3/c1-9(2)11(17-13(20)21-6)12(19)16-10-7-15-18(8-10)14(3,4)5/h7-9,11H,1-6H3,(H,16,19)(H,17,20). The van der Waals surface area contributed by atoms with Gasteiger partial charge in [0.25, 0.3) is 0 Å². The van der Waals surface area contributed by atoms with Gasteiger partial charge in [-0.05, 0) is 26.7 Å². The maximum absolute atomic E-state index is 12.2. The molecule has 1 heterocycles. The maximum atomic E-state index is 12.2. The Balaban J connectivity index is 2.77. The Bertz CT molecular complexity index is 503. The number of hydrogen-bond acceptors (Lipinski definition) is 4. The van der Waals surface area contributed by atoms with Crippen molar-refractivity contribution in [3.8, 4) is 0 Å².